The Morgan fingerprint density at radius 3 is 2.14 bits per heavy atom. The van der Waals surface area contributed by atoms with Gasteiger partial charge in [0.2, 0.25) is 0 Å². The van der Waals surface area contributed by atoms with Crippen LogP contribution in [0.5, 0.6) is 0 Å². The molecule has 0 aliphatic rings. The lowest BCUT2D eigenvalue weighted by atomic mass is 10.0. The second kappa shape index (κ2) is 10.5. The number of aromatic nitrogens is 4. The lowest BCUT2D eigenvalue weighted by Gasteiger charge is -2.12. The summed E-state index contributed by atoms with van der Waals surface area (Å²) >= 11 is 0. The zero-order chi connectivity index (χ0) is 25.8. The Kier molecular flexibility index (Phi) is 6.81. The molecule has 0 aliphatic carbocycles. The third kappa shape index (κ3) is 4.99. The second-order valence-corrected chi connectivity index (χ2v) is 8.67. The average Bonchev–Trinajstić information content (AvgIpc) is 3.38. The number of fused-ring (bicyclic) bond motifs is 1. The summed E-state index contributed by atoms with van der Waals surface area (Å²) in [7, 11) is 0. The molecule has 0 N–H and O–H groups in total. The molecule has 3 aromatic carbocycles. The number of rotatable bonds is 8. The number of hydrogen-bond acceptors (Lipinski definition) is 5. The third-order valence-corrected chi connectivity index (χ3v) is 6.26. The minimum atomic E-state index is -0.667. The number of nitrogens with zero attached hydrogens (tertiary/aromatic N) is 4. The number of esters is 1. The number of carbonyl (C=O) groups excluding carboxylic acids is 1. The molecule has 2 heterocycles. The maximum absolute atomic E-state index is 13.4. The fourth-order valence-electron chi connectivity index (χ4n) is 4.29. The molecule has 0 aliphatic heterocycles. The van der Waals surface area contributed by atoms with E-state index in [0.717, 1.165) is 26.8 Å². The summed E-state index contributed by atoms with van der Waals surface area (Å²) in [6, 6.07) is 27.1. The van der Waals surface area contributed by atoms with Gasteiger partial charge in [-0.3, -0.25) is 14.2 Å². The van der Waals surface area contributed by atoms with Crippen LogP contribution in [0, 0.1) is 0 Å². The quantitative estimate of drug-likeness (QED) is 0.306. The molecule has 37 heavy (non-hydrogen) atoms. The highest BCUT2D eigenvalue weighted by molar-refractivity contribution is 5.72. The molecule has 0 unspecified atom stereocenters. The number of benzene rings is 3. The smallest absolute Gasteiger partial charge is 0.333 e. The van der Waals surface area contributed by atoms with Crippen LogP contribution >= 0.6 is 0 Å². The van der Waals surface area contributed by atoms with Crippen LogP contribution in [-0.2, 0) is 35.8 Å². The van der Waals surface area contributed by atoms with Gasteiger partial charge in [-0.1, -0.05) is 84.9 Å². The van der Waals surface area contributed by atoms with Crippen LogP contribution in [0.15, 0.2) is 101 Å². The van der Waals surface area contributed by atoms with Crippen LogP contribution in [0.3, 0.4) is 0 Å². The molecule has 0 bridgehead atoms. The van der Waals surface area contributed by atoms with Gasteiger partial charge in [-0.2, -0.15) is 0 Å². The van der Waals surface area contributed by atoms with Crippen LogP contribution < -0.4 is 11.2 Å². The summed E-state index contributed by atoms with van der Waals surface area (Å²) in [4.78, 5) is 43.7. The van der Waals surface area contributed by atoms with Gasteiger partial charge < -0.3 is 9.30 Å². The molecule has 0 saturated heterocycles. The zero-order valence-corrected chi connectivity index (χ0v) is 20.4. The summed E-state index contributed by atoms with van der Waals surface area (Å²) in [5, 5.41) is 0. The normalized spacial score (nSPS) is 11.1. The zero-order valence-electron chi connectivity index (χ0n) is 20.4. The number of hydrogen-bond donors (Lipinski definition) is 0. The van der Waals surface area contributed by atoms with Gasteiger partial charge in [0, 0.05) is 6.54 Å². The topological polar surface area (TPSA) is 88.1 Å². The van der Waals surface area contributed by atoms with Crippen LogP contribution in [-0.4, -0.2) is 24.7 Å². The van der Waals surface area contributed by atoms with E-state index in [4.69, 9.17) is 4.74 Å². The highest BCUT2D eigenvalue weighted by atomic mass is 16.5. The van der Waals surface area contributed by atoms with E-state index in [9.17, 15) is 14.4 Å². The van der Waals surface area contributed by atoms with E-state index in [1.54, 1.807) is 4.57 Å². The summed E-state index contributed by atoms with van der Waals surface area (Å²) in [6.07, 6.45) is 1.54. The molecule has 5 rings (SSSR count). The molecule has 0 atom stereocenters. The van der Waals surface area contributed by atoms with E-state index < -0.39 is 23.8 Å². The van der Waals surface area contributed by atoms with Gasteiger partial charge in [-0.05, 0) is 29.2 Å². The van der Waals surface area contributed by atoms with E-state index in [0.29, 0.717) is 12.2 Å². The Morgan fingerprint density at radius 2 is 1.46 bits per heavy atom. The molecule has 5 aromatic rings. The van der Waals surface area contributed by atoms with Crippen molar-refractivity contribution in [2.24, 2.45) is 0 Å². The van der Waals surface area contributed by atoms with Crippen molar-refractivity contribution in [1.29, 1.82) is 0 Å². The monoisotopic (exact) mass is 494 g/mol. The first kappa shape index (κ1) is 24.0. The number of aryl methyl sites for hydroxylation is 1. The Hall–Kier alpha value is -4.72. The minimum absolute atomic E-state index is 0.0377. The molecule has 8 heteroatoms. The van der Waals surface area contributed by atoms with Crippen LogP contribution in [0.4, 0.5) is 0 Å². The predicted molar refractivity (Wildman–Crippen MR) is 141 cm³/mol. The van der Waals surface area contributed by atoms with Crippen LogP contribution in [0.1, 0.15) is 18.1 Å². The molecule has 2 aromatic heterocycles. The minimum Gasteiger partial charge on any atom is -0.459 e. The molecular weight excluding hydrogens is 468 g/mol. The maximum Gasteiger partial charge on any atom is 0.333 e. The van der Waals surface area contributed by atoms with Gasteiger partial charge in [-0.15, -0.1) is 0 Å². The lowest BCUT2D eigenvalue weighted by Crippen LogP contribution is -2.42. The van der Waals surface area contributed by atoms with Gasteiger partial charge in [0.15, 0.2) is 11.2 Å². The first-order valence-electron chi connectivity index (χ1n) is 12.1. The number of carbonyl (C=O) groups is 1. The summed E-state index contributed by atoms with van der Waals surface area (Å²) in [5.74, 6) is -0.667. The summed E-state index contributed by atoms with van der Waals surface area (Å²) in [5.41, 5.74) is 3.25. The highest BCUT2D eigenvalue weighted by Crippen LogP contribution is 2.19. The van der Waals surface area contributed by atoms with Crippen molar-refractivity contribution in [3.05, 3.63) is 123 Å². The maximum atomic E-state index is 13.4. The fraction of sp³-hybridized carbons (Fsp3) is 0.172. The van der Waals surface area contributed by atoms with Crippen LogP contribution in [0.25, 0.3) is 22.3 Å². The number of ether oxygens (including phenoxy) is 1. The molecule has 0 spiro atoms. The van der Waals surface area contributed by atoms with Gasteiger partial charge in [0.1, 0.15) is 13.2 Å². The summed E-state index contributed by atoms with van der Waals surface area (Å²) in [6.45, 7) is 2.16. The Morgan fingerprint density at radius 1 is 0.811 bits per heavy atom. The van der Waals surface area contributed by atoms with E-state index in [1.807, 2.05) is 91.9 Å². The SMILES string of the molecule is CCn1cnc2c1c(=O)n(CC(=O)OCc1ccc(-c3ccccc3)cc1)c(=O)n2Cc1ccccc1. The van der Waals surface area contributed by atoms with Crippen LogP contribution in [0.2, 0.25) is 0 Å². The van der Waals surface area contributed by atoms with E-state index in [-0.39, 0.29) is 18.7 Å². The summed E-state index contributed by atoms with van der Waals surface area (Å²) < 4.78 is 9.46. The van der Waals surface area contributed by atoms with Crippen molar-refractivity contribution in [3.8, 4) is 11.1 Å². The standard InChI is InChI=1S/C29H26N4O4/c1-2-31-20-30-27-26(31)28(35)33(29(36)32(27)17-21-9-5-3-6-10-21)18-25(34)37-19-22-13-15-24(16-14-22)23-11-7-4-8-12-23/h3-16,20H,2,17-19H2,1H3. The molecule has 0 saturated carbocycles. The Labute approximate surface area is 213 Å². The van der Waals surface area contributed by atoms with Crippen molar-refractivity contribution in [1.82, 2.24) is 18.7 Å². The highest BCUT2D eigenvalue weighted by Gasteiger charge is 2.20. The van der Waals surface area contributed by atoms with Gasteiger partial charge in [-0.25, -0.2) is 14.3 Å². The Balaban J connectivity index is 1.38. The van der Waals surface area contributed by atoms with E-state index >= 15 is 0 Å². The predicted octanol–water partition coefficient (Wildman–Crippen LogP) is 3.84. The molecule has 0 fully saturated rings. The molecule has 0 amide bonds. The average molecular weight is 495 g/mol. The van der Waals surface area contributed by atoms with E-state index in [1.165, 1.54) is 10.9 Å². The molecule has 186 valence electrons. The largest absolute Gasteiger partial charge is 0.459 e. The first-order chi connectivity index (χ1) is 18.0. The van der Waals surface area contributed by atoms with Gasteiger partial charge >= 0.3 is 11.7 Å². The fourth-order valence-corrected chi connectivity index (χ4v) is 4.29. The second-order valence-electron chi connectivity index (χ2n) is 8.67. The molecule has 0 radical (unpaired) electrons. The van der Waals surface area contributed by atoms with Crippen molar-refractivity contribution in [3.63, 3.8) is 0 Å². The molecular formula is C29H26N4O4. The Bertz CT molecular complexity index is 1650. The first-order valence-corrected chi connectivity index (χ1v) is 12.1. The van der Waals surface area contributed by atoms with Gasteiger partial charge in [0.05, 0.1) is 12.9 Å². The van der Waals surface area contributed by atoms with E-state index in [2.05, 4.69) is 4.98 Å². The number of imidazole rings is 1. The van der Waals surface area contributed by atoms with Crippen molar-refractivity contribution in [2.75, 3.05) is 0 Å². The molecule has 8 nitrogen and oxygen atoms in total. The lowest BCUT2D eigenvalue weighted by molar-refractivity contribution is -0.145. The van der Waals surface area contributed by atoms with Crippen molar-refractivity contribution < 1.29 is 9.53 Å². The third-order valence-electron chi connectivity index (χ3n) is 6.26. The van der Waals surface area contributed by atoms with Crippen molar-refractivity contribution in [2.45, 2.75) is 33.2 Å². The van der Waals surface area contributed by atoms with Gasteiger partial charge in [0.25, 0.3) is 5.56 Å². The van der Waals surface area contributed by atoms with Crippen molar-refractivity contribution >= 4 is 17.1 Å².